The summed E-state index contributed by atoms with van der Waals surface area (Å²) in [6.45, 7) is 1.58. The standard InChI is InChI=1S/C13H11F2NO/c1-9(17)12-6-3-7-16(12)8-10-4-2-5-11(14)13(10)15/h2-7H,8H2,1H3. The molecule has 88 valence electrons. The molecule has 1 heterocycles. The predicted molar refractivity (Wildman–Crippen MR) is 59.9 cm³/mol. The molecule has 0 spiro atoms. The van der Waals surface area contributed by atoms with Crippen molar-refractivity contribution in [1.82, 2.24) is 4.57 Å². The van der Waals surface area contributed by atoms with Crippen LogP contribution in [0.2, 0.25) is 0 Å². The molecule has 0 saturated heterocycles. The first-order valence-corrected chi connectivity index (χ1v) is 5.18. The van der Waals surface area contributed by atoms with Gasteiger partial charge in [0.2, 0.25) is 0 Å². The molecule has 17 heavy (non-hydrogen) atoms. The smallest absolute Gasteiger partial charge is 0.176 e. The fourth-order valence-electron chi connectivity index (χ4n) is 1.73. The first-order chi connectivity index (χ1) is 8.09. The summed E-state index contributed by atoms with van der Waals surface area (Å²) in [5.74, 6) is -1.85. The minimum Gasteiger partial charge on any atom is -0.341 e. The maximum Gasteiger partial charge on any atom is 0.176 e. The van der Waals surface area contributed by atoms with Gasteiger partial charge in [0.15, 0.2) is 17.4 Å². The molecule has 0 aliphatic carbocycles. The average molecular weight is 235 g/mol. The molecule has 0 aliphatic rings. The van der Waals surface area contributed by atoms with Gasteiger partial charge < -0.3 is 4.57 Å². The minimum absolute atomic E-state index is 0.105. The molecule has 0 amide bonds. The predicted octanol–water partition coefficient (Wildman–Crippen LogP) is 3.02. The molecule has 2 aromatic rings. The zero-order valence-corrected chi connectivity index (χ0v) is 9.28. The molecule has 0 aliphatic heterocycles. The monoisotopic (exact) mass is 235 g/mol. The molecule has 0 N–H and O–H groups in total. The second-order valence-corrected chi connectivity index (χ2v) is 3.79. The molecule has 0 fully saturated rings. The quantitative estimate of drug-likeness (QED) is 0.749. The van der Waals surface area contributed by atoms with Crippen molar-refractivity contribution in [3.8, 4) is 0 Å². The van der Waals surface area contributed by atoms with Crippen LogP contribution in [0, 0.1) is 11.6 Å². The summed E-state index contributed by atoms with van der Waals surface area (Å²) in [6, 6.07) is 7.38. The second kappa shape index (κ2) is 4.49. The van der Waals surface area contributed by atoms with Crippen LogP contribution in [0.5, 0.6) is 0 Å². The van der Waals surface area contributed by atoms with Crippen molar-refractivity contribution in [3.05, 3.63) is 59.4 Å². The van der Waals surface area contributed by atoms with E-state index in [0.717, 1.165) is 6.07 Å². The Morgan fingerprint density at radius 2 is 2.00 bits per heavy atom. The van der Waals surface area contributed by atoms with Crippen LogP contribution in [0.25, 0.3) is 0 Å². The molecule has 2 rings (SSSR count). The molecule has 0 atom stereocenters. The number of halogens is 2. The van der Waals surface area contributed by atoms with E-state index in [2.05, 4.69) is 0 Å². The largest absolute Gasteiger partial charge is 0.341 e. The van der Waals surface area contributed by atoms with Crippen LogP contribution in [0.1, 0.15) is 23.0 Å². The zero-order chi connectivity index (χ0) is 12.4. The molecule has 4 heteroatoms. The van der Waals surface area contributed by atoms with E-state index in [1.165, 1.54) is 19.1 Å². The Morgan fingerprint density at radius 1 is 1.24 bits per heavy atom. The number of Topliss-reactive ketones (excluding diaryl/α,β-unsaturated/α-hetero) is 1. The summed E-state index contributed by atoms with van der Waals surface area (Å²) >= 11 is 0. The molecule has 0 unspecified atom stereocenters. The molecule has 1 aromatic heterocycles. The number of benzene rings is 1. The second-order valence-electron chi connectivity index (χ2n) is 3.79. The van der Waals surface area contributed by atoms with E-state index < -0.39 is 11.6 Å². The third kappa shape index (κ3) is 2.25. The number of hydrogen-bond acceptors (Lipinski definition) is 1. The Labute approximate surface area is 97.5 Å². The normalized spacial score (nSPS) is 10.5. The van der Waals surface area contributed by atoms with Gasteiger partial charge in [-0.3, -0.25) is 4.79 Å². The average Bonchev–Trinajstić information content (AvgIpc) is 2.73. The number of carbonyl (C=O) groups is 1. The maximum atomic E-state index is 13.5. The lowest BCUT2D eigenvalue weighted by molar-refractivity contribution is 0.100. The Morgan fingerprint density at radius 3 is 2.71 bits per heavy atom. The van der Waals surface area contributed by atoms with Gasteiger partial charge in [0, 0.05) is 18.7 Å². The lowest BCUT2D eigenvalue weighted by Crippen LogP contribution is -2.08. The number of nitrogens with zero attached hydrogens (tertiary/aromatic N) is 1. The first kappa shape index (κ1) is 11.5. The highest BCUT2D eigenvalue weighted by molar-refractivity contribution is 5.92. The van der Waals surface area contributed by atoms with E-state index in [1.807, 2.05) is 0 Å². The molecule has 1 aromatic carbocycles. The van der Waals surface area contributed by atoms with Gasteiger partial charge in [-0.25, -0.2) is 8.78 Å². The van der Waals surface area contributed by atoms with Gasteiger partial charge in [0.1, 0.15) is 0 Å². The minimum atomic E-state index is -0.876. The van der Waals surface area contributed by atoms with E-state index in [4.69, 9.17) is 0 Å². The van der Waals surface area contributed by atoms with E-state index >= 15 is 0 Å². The highest BCUT2D eigenvalue weighted by atomic mass is 19.2. The Kier molecular flexibility index (Phi) is 3.04. The summed E-state index contributed by atoms with van der Waals surface area (Å²) in [7, 11) is 0. The summed E-state index contributed by atoms with van der Waals surface area (Å²) < 4.78 is 28.1. The van der Waals surface area contributed by atoms with Crippen molar-refractivity contribution in [2.24, 2.45) is 0 Å². The van der Waals surface area contributed by atoms with Crippen molar-refractivity contribution in [1.29, 1.82) is 0 Å². The number of rotatable bonds is 3. The Bertz CT molecular complexity index is 560. The van der Waals surface area contributed by atoms with Crippen molar-refractivity contribution < 1.29 is 13.6 Å². The van der Waals surface area contributed by atoms with Crippen molar-refractivity contribution in [2.75, 3.05) is 0 Å². The van der Waals surface area contributed by atoms with Crippen LogP contribution in [0.3, 0.4) is 0 Å². The molecule has 0 saturated carbocycles. The number of carbonyl (C=O) groups excluding carboxylic acids is 1. The van der Waals surface area contributed by atoms with Crippen molar-refractivity contribution >= 4 is 5.78 Å². The number of aromatic nitrogens is 1. The van der Waals surface area contributed by atoms with Gasteiger partial charge in [-0.15, -0.1) is 0 Å². The van der Waals surface area contributed by atoms with Gasteiger partial charge in [-0.05, 0) is 18.2 Å². The molecule has 0 radical (unpaired) electrons. The fourth-order valence-corrected chi connectivity index (χ4v) is 1.73. The van der Waals surface area contributed by atoms with Crippen LogP contribution < -0.4 is 0 Å². The molecule has 0 bridgehead atoms. The van der Waals surface area contributed by atoms with Crippen molar-refractivity contribution in [2.45, 2.75) is 13.5 Å². The SMILES string of the molecule is CC(=O)c1cccn1Cc1cccc(F)c1F. The third-order valence-electron chi connectivity index (χ3n) is 2.56. The fraction of sp³-hybridized carbons (Fsp3) is 0.154. The lowest BCUT2D eigenvalue weighted by Gasteiger charge is -2.08. The van der Waals surface area contributed by atoms with E-state index in [-0.39, 0.29) is 17.9 Å². The highest BCUT2D eigenvalue weighted by Crippen LogP contribution is 2.14. The van der Waals surface area contributed by atoms with Gasteiger partial charge in [0.05, 0.1) is 12.2 Å². The van der Waals surface area contributed by atoms with Crippen LogP contribution in [0.4, 0.5) is 8.78 Å². The highest BCUT2D eigenvalue weighted by Gasteiger charge is 2.11. The molecular formula is C13H11F2NO. The van der Waals surface area contributed by atoms with Crippen molar-refractivity contribution in [3.63, 3.8) is 0 Å². The van der Waals surface area contributed by atoms with E-state index in [1.54, 1.807) is 22.9 Å². The zero-order valence-electron chi connectivity index (χ0n) is 9.28. The summed E-state index contributed by atoms with van der Waals surface area (Å²) in [5, 5.41) is 0. The topological polar surface area (TPSA) is 22.0 Å². The van der Waals surface area contributed by atoms with Gasteiger partial charge >= 0.3 is 0 Å². The van der Waals surface area contributed by atoms with E-state index in [9.17, 15) is 13.6 Å². The van der Waals surface area contributed by atoms with Crippen LogP contribution in [0.15, 0.2) is 36.5 Å². The van der Waals surface area contributed by atoms with Gasteiger partial charge in [-0.2, -0.15) is 0 Å². The van der Waals surface area contributed by atoms with E-state index in [0.29, 0.717) is 5.69 Å². The lowest BCUT2D eigenvalue weighted by atomic mass is 10.2. The molecular weight excluding hydrogens is 224 g/mol. The summed E-state index contributed by atoms with van der Waals surface area (Å²) in [4.78, 5) is 11.3. The summed E-state index contributed by atoms with van der Waals surface area (Å²) in [6.07, 6.45) is 1.67. The Hall–Kier alpha value is -1.97. The third-order valence-corrected chi connectivity index (χ3v) is 2.56. The van der Waals surface area contributed by atoms with Crippen LogP contribution in [-0.2, 0) is 6.54 Å². The van der Waals surface area contributed by atoms with Crippen LogP contribution >= 0.6 is 0 Å². The Balaban J connectivity index is 2.35. The maximum absolute atomic E-state index is 13.5. The van der Waals surface area contributed by atoms with Gasteiger partial charge in [-0.1, -0.05) is 12.1 Å². The number of hydrogen-bond donors (Lipinski definition) is 0. The first-order valence-electron chi connectivity index (χ1n) is 5.18. The summed E-state index contributed by atoms with van der Waals surface area (Å²) in [5.41, 5.74) is 0.706. The van der Waals surface area contributed by atoms with Crippen LogP contribution in [-0.4, -0.2) is 10.4 Å². The number of ketones is 1. The van der Waals surface area contributed by atoms with Gasteiger partial charge in [0.25, 0.3) is 0 Å². The molecule has 2 nitrogen and oxygen atoms in total.